The molecule has 38 heavy (non-hydrogen) atoms. The molecule has 7 heteroatoms. The number of methoxy groups -OCH3 is 1. The van der Waals surface area contributed by atoms with E-state index in [9.17, 15) is 13.6 Å². The van der Waals surface area contributed by atoms with E-state index in [0.29, 0.717) is 11.1 Å². The van der Waals surface area contributed by atoms with Gasteiger partial charge >= 0.3 is 5.97 Å². The van der Waals surface area contributed by atoms with Gasteiger partial charge in [-0.15, -0.1) is 0 Å². The Morgan fingerprint density at radius 3 is 1.74 bits per heavy atom. The van der Waals surface area contributed by atoms with Gasteiger partial charge in [0.2, 0.25) is 11.6 Å². The highest BCUT2D eigenvalue weighted by Crippen LogP contribution is 2.32. The standard InChI is InChI=1S/C31H26F4O3/c1-3-4-5-6-19-7-9-20(10-8-19)23-15-16-24(28(33)27(23)32)21-11-13-22(14-12-21)31(36)38-26-18-17-25(37-2)29(34)30(26)35/h7-18H,3-6H2,1-2H3. The molecule has 196 valence electrons. The molecule has 0 unspecified atom stereocenters. The van der Waals surface area contributed by atoms with Crippen molar-refractivity contribution in [1.29, 1.82) is 0 Å². The van der Waals surface area contributed by atoms with Crippen LogP contribution in [-0.4, -0.2) is 13.1 Å². The zero-order valence-electron chi connectivity index (χ0n) is 21.0. The number of hydrogen-bond donors (Lipinski definition) is 0. The van der Waals surface area contributed by atoms with Crippen LogP contribution in [0.25, 0.3) is 22.3 Å². The molecule has 0 heterocycles. The second-order valence-corrected chi connectivity index (χ2v) is 8.80. The number of rotatable bonds is 9. The van der Waals surface area contributed by atoms with Crippen LogP contribution in [0.2, 0.25) is 0 Å². The van der Waals surface area contributed by atoms with E-state index in [-0.39, 0.29) is 22.4 Å². The predicted molar refractivity (Wildman–Crippen MR) is 138 cm³/mol. The van der Waals surface area contributed by atoms with Crippen LogP contribution in [0.3, 0.4) is 0 Å². The van der Waals surface area contributed by atoms with E-state index in [0.717, 1.165) is 43.4 Å². The fraction of sp³-hybridized carbons (Fsp3) is 0.194. The zero-order chi connectivity index (χ0) is 27.2. The number of unbranched alkanes of at least 4 members (excludes halogenated alkanes) is 2. The van der Waals surface area contributed by atoms with Crippen LogP contribution in [-0.2, 0) is 6.42 Å². The largest absolute Gasteiger partial charge is 0.494 e. The topological polar surface area (TPSA) is 35.5 Å². The van der Waals surface area contributed by atoms with Crippen molar-refractivity contribution in [3.63, 3.8) is 0 Å². The molecule has 0 atom stereocenters. The molecule has 0 N–H and O–H groups in total. The third-order valence-corrected chi connectivity index (χ3v) is 6.28. The number of carbonyl (C=O) groups is 1. The number of hydrogen-bond acceptors (Lipinski definition) is 3. The molecule has 0 amide bonds. The summed E-state index contributed by atoms with van der Waals surface area (Å²) in [5, 5.41) is 0. The van der Waals surface area contributed by atoms with Gasteiger partial charge in [0.25, 0.3) is 0 Å². The molecule has 0 aliphatic rings. The van der Waals surface area contributed by atoms with E-state index < -0.39 is 35.0 Å². The molecule has 0 radical (unpaired) electrons. The maximum atomic E-state index is 15.1. The second kappa shape index (κ2) is 11.9. The summed E-state index contributed by atoms with van der Waals surface area (Å²) >= 11 is 0. The van der Waals surface area contributed by atoms with Crippen molar-refractivity contribution in [3.8, 4) is 33.8 Å². The molecule has 0 bridgehead atoms. The average Bonchev–Trinajstić information content (AvgIpc) is 2.93. The molecule has 4 rings (SSSR count). The van der Waals surface area contributed by atoms with E-state index in [1.54, 1.807) is 12.1 Å². The Balaban J connectivity index is 1.50. The van der Waals surface area contributed by atoms with Gasteiger partial charge in [-0.05, 0) is 53.8 Å². The van der Waals surface area contributed by atoms with Crippen LogP contribution in [0.1, 0.15) is 42.1 Å². The normalized spacial score (nSPS) is 10.9. The summed E-state index contributed by atoms with van der Waals surface area (Å²) in [4.78, 5) is 12.4. The van der Waals surface area contributed by atoms with Crippen molar-refractivity contribution >= 4 is 5.97 Å². The van der Waals surface area contributed by atoms with Gasteiger partial charge in [0.15, 0.2) is 23.1 Å². The summed E-state index contributed by atoms with van der Waals surface area (Å²) in [5.74, 6) is -6.50. The summed E-state index contributed by atoms with van der Waals surface area (Å²) in [6.45, 7) is 2.14. The summed E-state index contributed by atoms with van der Waals surface area (Å²) in [5.41, 5.74) is 2.25. The van der Waals surface area contributed by atoms with Gasteiger partial charge in [-0.25, -0.2) is 13.6 Å². The Labute approximate surface area is 218 Å². The molecule has 0 saturated heterocycles. The third kappa shape index (κ3) is 5.72. The van der Waals surface area contributed by atoms with Crippen molar-refractivity contribution in [3.05, 3.63) is 107 Å². The minimum Gasteiger partial charge on any atom is -0.494 e. The van der Waals surface area contributed by atoms with Crippen LogP contribution in [0.15, 0.2) is 72.8 Å². The highest BCUT2D eigenvalue weighted by Gasteiger charge is 2.20. The quantitative estimate of drug-likeness (QED) is 0.0956. The summed E-state index contributed by atoms with van der Waals surface area (Å²) in [6.07, 6.45) is 4.30. The van der Waals surface area contributed by atoms with Gasteiger partial charge in [0, 0.05) is 11.1 Å². The van der Waals surface area contributed by atoms with Crippen molar-refractivity contribution in [2.75, 3.05) is 7.11 Å². The van der Waals surface area contributed by atoms with Crippen molar-refractivity contribution in [2.45, 2.75) is 32.6 Å². The number of benzene rings is 4. The van der Waals surface area contributed by atoms with Crippen molar-refractivity contribution in [1.82, 2.24) is 0 Å². The lowest BCUT2D eigenvalue weighted by Crippen LogP contribution is -2.10. The number of esters is 1. The van der Waals surface area contributed by atoms with Crippen LogP contribution < -0.4 is 9.47 Å². The Morgan fingerprint density at radius 2 is 1.18 bits per heavy atom. The fourth-order valence-corrected chi connectivity index (χ4v) is 4.12. The second-order valence-electron chi connectivity index (χ2n) is 8.80. The smallest absolute Gasteiger partial charge is 0.343 e. The Morgan fingerprint density at radius 1 is 0.658 bits per heavy atom. The lowest BCUT2D eigenvalue weighted by Gasteiger charge is -2.11. The molecule has 0 saturated carbocycles. The first-order chi connectivity index (χ1) is 18.3. The third-order valence-electron chi connectivity index (χ3n) is 6.28. The fourth-order valence-electron chi connectivity index (χ4n) is 4.12. The van der Waals surface area contributed by atoms with E-state index in [1.165, 1.54) is 43.5 Å². The maximum absolute atomic E-state index is 15.1. The van der Waals surface area contributed by atoms with Crippen LogP contribution in [0.4, 0.5) is 17.6 Å². The highest BCUT2D eigenvalue weighted by atomic mass is 19.2. The predicted octanol–water partition coefficient (Wildman–Crippen LogP) is 8.54. The minimum absolute atomic E-state index is 0.0147. The maximum Gasteiger partial charge on any atom is 0.343 e. The van der Waals surface area contributed by atoms with E-state index in [1.807, 2.05) is 12.1 Å². The summed E-state index contributed by atoms with van der Waals surface area (Å²) in [7, 11) is 1.18. The first-order valence-corrected chi connectivity index (χ1v) is 12.3. The number of ether oxygens (including phenoxy) is 2. The van der Waals surface area contributed by atoms with Crippen LogP contribution >= 0.6 is 0 Å². The lowest BCUT2D eigenvalue weighted by atomic mass is 9.97. The molecule has 3 nitrogen and oxygen atoms in total. The van der Waals surface area contributed by atoms with Gasteiger partial charge in [-0.2, -0.15) is 8.78 Å². The molecule has 0 aliphatic heterocycles. The number of carbonyl (C=O) groups excluding carboxylic acids is 1. The number of aryl methyl sites for hydroxylation is 1. The van der Waals surface area contributed by atoms with Crippen LogP contribution in [0, 0.1) is 23.3 Å². The SMILES string of the molecule is CCCCCc1ccc(-c2ccc(-c3ccc(C(=O)Oc4ccc(OC)c(F)c4F)cc3)c(F)c2F)cc1. The molecule has 0 spiro atoms. The van der Waals surface area contributed by atoms with E-state index in [4.69, 9.17) is 4.74 Å². The molecule has 0 aromatic heterocycles. The van der Waals surface area contributed by atoms with Gasteiger partial charge in [-0.3, -0.25) is 0 Å². The van der Waals surface area contributed by atoms with Crippen LogP contribution in [0.5, 0.6) is 11.5 Å². The Bertz CT molecular complexity index is 1430. The van der Waals surface area contributed by atoms with E-state index >= 15 is 8.78 Å². The minimum atomic E-state index is -1.36. The van der Waals surface area contributed by atoms with Crippen molar-refractivity contribution < 1.29 is 31.8 Å². The molecule has 4 aromatic carbocycles. The van der Waals surface area contributed by atoms with Gasteiger partial charge < -0.3 is 9.47 Å². The molecular weight excluding hydrogens is 496 g/mol. The van der Waals surface area contributed by atoms with Gasteiger partial charge in [0.1, 0.15) is 0 Å². The molecule has 4 aromatic rings. The molecular formula is C31H26F4O3. The molecule has 0 aliphatic carbocycles. The highest BCUT2D eigenvalue weighted by molar-refractivity contribution is 5.91. The first-order valence-electron chi connectivity index (χ1n) is 12.3. The van der Waals surface area contributed by atoms with Gasteiger partial charge in [-0.1, -0.05) is 68.3 Å². The summed E-state index contributed by atoms with van der Waals surface area (Å²) in [6, 6.07) is 18.1. The molecule has 0 fully saturated rings. The van der Waals surface area contributed by atoms with Gasteiger partial charge in [0.05, 0.1) is 12.7 Å². The zero-order valence-corrected chi connectivity index (χ0v) is 21.0. The lowest BCUT2D eigenvalue weighted by molar-refractivity contribution is 0.0726. The number of halogens is 4. The first kappa shape index (κ1) is 26.9. The summed E-state index contributed by atoms with van der Waals surface area (Å²) < 4.78 is 67.7. The van der Waals surface area contributed by atoms with Crippen molar-refractivity contribution in [2.24, 2.45) is 0 Å². The Hall–Kier alpha value is -4.13. The monoisotopic (exact) mass is 522 g/mol. The van der Waals surface area contributed by atoms with E-state index in [2.05, 4.69) is 11.7 Å². The average molecular weight is 523 g/mol. The Kier molecular flexibility index (Phi) is 8.46.